The highest BCUT2D eigenvalue weighted by Crippen LogP contribution is 2.23. The molecule has 5 nitrogen and oxygen atoms in total. The van der Waals surface area contributed by atoms with E-state index in [0.717, 1.165) is 16.8 Å². The van der Waals surface area contributed by atoms with Crippen molar-refractivity contribution in [3.05, 3.63) is 64.1 Å². The molecule has 0 heterocycles. The van der Waals surface area contributed by atoms with Crippen molar-refractivity contribution < 1.29 is 14.6 Å². The molecule has 0 saturated heterocycles. The number of anilines is 1. The van der Waals surface area contributed by atoms with E-state index in [1.54, 1.807) is 26.0 Å². The lowest BCUT2D eigenvalue weighted by atomic mass is 10.0. The molecule has 21 heavy (non-hydrogen) atoms. The van der Waals surface area contributed by atoms with E-state index in [1.807, 2.05) is 30.3 Å². The molecule has 108 valence electrons. The zero-order valence-corrected chi connectivity index (χ0v) is 12.2. The third kappa shape index (κ3) is 3.25. The predicted molar refractivity (Wildman–Crippen MR) is 80.6 cm³/mol. The van der Waals surface area contributed by atoms with Crippen LogP contribution in [0, 0.1) is 18.8 Å². The fourth-order valence-electron chi connectivity index (χ4n) is 2.22. The van der Waals surface area contributed by atoms with Crippen molar-refractivity contribution >= 4 is 17.3 Å². The number of carbonyl (C=O) groups excluding carboxylic acids is 1. The highest BCUT2D eigenvalue weighted by molar-refractivity contribution is 6.06. The van der Waals surface area contributed by atoms with E-state index in [9.17, 15) is 9.70 Å². The lowest BCUT2D eigenvalue weighted by molar-refractivity contribution is -0.736. The number of nitrogens with one attached hydrogen (secondary N) is 1. The van der Waals surface area contributed by atoms with Gasteiger partial charge in [0.1, 0.15) is 0 Å². The quantitative estimate of drug-likeness (QED) is 0.874. The zero-order valence-electron chi connectivity index (χ0n) is 12.2. The molecule has 0 aromatic heterocycles. The Morgan fingerprint density at radius 1 is 1.10 bits per heavy atom. The van der Waals surface area contributed by atoms with Gasteiger partial charge in [0.15, 0.2) is 7.11 Å². The third-order valence-corrected chi connectivity index (χ3v) is 3.15. The van der Waals surface area contributed by atoms with Gasteiger partial charge in [0.05, 0.1) is 4.91 Å². The molecule has 2 aromatic rings. The Labute approximate surface area is 123 Å². The van der Waals surface area contributed by atoms with Crippen LogP contribution in [0.1, 0.15) is 21.5 Å². The second-order valence-electron chi connectivity index (χ2n) is 4.71. The summed E-state index contributed by atoms with van der Waals surface area (Å²) in [7, 11) is 1.30. The fraction of sp³-hybridized carbons (Fsp3) is 0.188. The topological polar surface area (TPSA) is 58.4 Å². The van der Waals surface area contributed by atoms with E-state index >= 15 is 0 Å². The smallest absolute Gasteiger partial charge is 0.317 e. The van der Waals surface area contributed by atoms with Gasteiger partial charge in [0.2, 0.25) is 0 Å². The summed E-state index contributed by atoms with van der Waals surface area (Å²) in [5.41, 5.74) is 3.09. The van der Waals surface area contributed by atoms with Crippen LogP contribution in [0.15, 0.2) is 42.5 Å². The largest absolute Gasteiger partial charge is 0.322 e. The number of aryl methyl sites for hydroxylation is 2. The molecule has 0 saturated carbocycles. The van der Waals surface area contributed by atoms with Crippen molar-refractivity contribution in [2.24, 2.45) is 0 Å². The number of nitrogens with zero attached hydrogens (tertiary/aromatic N) is 1. The molecule has 0 fully saturated rings. The summed E-state index contributed by atoms with van der Waals surface area (Å²) in [4.78, 5) is 28.9. The van der Waals surface area contributed by atoms with Gasteiger partial charge >= 0.3 is 5.69 Å². The van der Waals surface area contributed by atoms with Crippen LogP contribution in [0.25, 0.3) is 0 Å². The van der Waals surface area contributed by atoms with Crippen molar-refractivity contribution in [3.8, 4) is 0 Å². The van der Waals surface area contributed by atoms with Gasteiger partial charge in [-0.25, -0.2) is 4.84 Å². The molecule has 5 heteroatoms. The Hall–Kier alpha value is -2.69. The van der Waals surface area contributed by atoms with Gasteiger partial charge in [-0.05, 0) is 37.1 Å². The number of carbonyl (C=O) groups is 1. The van der Waals surface area contributed by atoms with E-state index in [4.69, 9.17) is 0 Å². The molecule has 2 rings (SSSR count). The number of hydrogen-bond acceptors (Lipinski definition) is 3. The average molecular weight is 285 g/mol. The summed E-state index contributed by atoms with van der Waals surface area (Å²) in [5.74, 6) is -0.197. The van der Waals surface area contributed by atoms with Crippen molar-refractivity contribution in [1.29, 1.82) is 0 Å². The minimum atomic E-state index is -0.197. The van der Waals surface area contributed by atoms with Crippen LogP contribution in [0.3, 0.4) is 0 Å². The highest BCUT2D eigenvalue weighted by Gasteiger charge is 2.21. The van der Waals surface area contributed by atoms with Gasteiger partial charge in [-0.2, -0.15) is 0 Å². The predicted octanol–water partition coefficient (Wildman–Crippen LogP) is 3.53. The van der Waals surface area contributed by atoms with Crippen LogP contribution < -0.4 is 5.32 Å². The van der Waals surface area contributed by atoms with Crippen molar-refractivity contribution in [1.82, 2.24) is 0 Å². The van der Waals surface area contributed by atoms with Crippen LogP contribution in [-0.2, 0) is 4.84 Å². The maximum absolute atomic E-state index is 12.4. The maximum atomic E-state index is 12.4. The molecule has 0 aliphatic rings. The molecule has 2 aromatic carbocycles. The van der Waals surface area contributed by atoms with Crippen LogP contribution in [0.2, 0.25) is 0 Å². The highest BCUT2D eigenvalue weighted by atomic mass is 16.8. The average Bonchev–Trinajstić information content (AvgIpc) is 2.46. The van der Waals surface area contributed by atoms with E-state index in [2.05, 4.69) is 10.2 Å². The fourth-order valence-corrected chi connectivity index (χ4v) is 2.22. The Morgan fingerprint density at radius 3 is 2.19 bits per heavy atom. The molecule has 0 radical (unpaired) electrons. The van der Waals surface area contributed by atoms with Crippen molar-refractivity contribution in [2.45, 2.75) is 13.8 Å². The molecule has 0 atom stereocenters. The molecule has 1 N–H and O–H groups in total. The molecular weight excluding hydrogens is 268 g/mol. The maximum Gasteiger partial charge on any atom is 0.317 e. The zero-order chi connectivity index (χ0) is 15.4. The van der Waals surface area contributed by atoms with Crippen LogP contribution in [-0.4, -0.2) is 17.9 Å². The van der Waals surface area contributed by atoms with Gasteiger partial charge in [-0.3, -0.25) is 4.79 Å². The second-order valence-corrected chi connectivity index (χ2v) is 4.71. The number of rotatable bonds is 4. The van der Waals surface area contributed by atoms with E-state index in [1.165, 1.54) is 7.11 Å². The SMILES string of the molecule is CO[N+](=O)c1cc(C)c(C(=O)Nc2ccccc2)c(C)c1. The van der Waals surface area contributed by atoms with Gasteiger partial charge in [0, 0.05) is 23.4 Å². The van der Waals surface area contributed by atoms with E-state index in [-0.39, 0.29) is 5.91 Å². The van der Waals surface area contributed by atoms with Gasteiger partial charge in [-0.15, -0.1) is 0 Å². The molecule has 0 spiro atoms. The Morgan fingerprint density at radius 2 is 1.67 bits per heavy atom. The van der Waals surface area contributed by atoms with Gasteiger partial charge < -0.3 is 5.32 Å². The first-order valence-corrected chi connectivity index (χ1v) is 6.52. The standard InChI is InChI=1S/C16H16N2O3/c1-11-9-14(18(20)21-3)10-12(2)15(11)16(19)17-13-7-5-4-6-8-13/h4-10H,1-3H3/p+1. The van der Waals surface area contributed by atoms with E-state index in [0.29, 0.717) is 16.2 Å². The Bertz CT molecular complexity index is 658. The summed E-state index contributed by atoms with van der Waals surface area (Å²) in [5, 5.41) is 2.84. The summed E-state index contributed by atoms with van der Waals surface area (Å²) >= 11 is 0. The van der Waals surface area contributed by atoms with Gasteiger partial charge in [-0.1, -0.05) is 18.2 Å². The Balaban J connectivity index is 2.32. The summed E-state index contributed by atoms with van der Waals surface area (Å²) < 4.78 is 0. The first kappa shape index (κ1) is 14.7. The van der Waals surface area contributed by atoms with Gasteiger partial charge in [0.25, 0.3) is 10.8 Å². The molecule has 1 amide bonds. The summed E-state index contributed by atoms with van der Waals surface area (Å²) in [6.07, 6.45) is 0. The first-order valence-electron chi connectivity index (χ1n) is 6.52. The Kier molecular flexibility index (Phi) is 4.33. The van der Waals surface area contributed by atoms with E-state index < -0.39 is 0 Å². The molecular formula is C16H17N2O3+. The number of amides is 1. The van der Waals surface area contributed by atoms with Crippen LogP contribution in [0.4, 0.5) is 11.4 Å². The lowest BCUT2D eigenvalue weighted by Gasteiger charge is -2.10. The number of benzene rings is 2. The third-order valence-electron chi connectivity index (χ3n) is 3.15. The second kappa shape index (κ2) is 6.17. The lowest BCUT2D eigenvalue weighted by Crippen LogP contribution is -2.15. The molecule has 0 aliphatic heterocycles. The molecule has 0 bridgehead atoms. The van der Waals surface area contributed by atoms with Crippen LogP contribution >= 0.6 is 0 Å². The van der Waals surface area contributed by atoms with Crippen LogP contribution in [0.5, 0.6) is 0 Å². The summed E-state index contributed by atoms with van der Waals surface area (Å²) in [6, 6.07) is 12.5. The number of hydrogen-bond donors (Lipinski definition) is 1. The molecule has 0 unspecified atom stereocenters. The molecule has 0 aliphatic carbocycles. The summed E-state index contributed by atoms with van der Waals surface area (Å²) in [6.45, 7) is 3.58. The van der Waals surface area contributed by atoms with Crippen molar-refractivity contribution in [2.75, 3.05) is 12.4 Å². The first-order chi connectivity index (χ1) is 10.0. The van der Waals surface area contributed by atoms with Crippen molar-refractivity contribution in [3.63, 3.8) is 0 Å². The normalized spacial score (nSPS) is 10.0. The minimum Gasteiger partial charge on any atom is -0.322 e. The number of para-hydroxylation sites is 1. The minimum absolute atomic E-state index is 0.197. The monoisotopic (exact) mass is 285 g/mol.